The van der Waals surface area contributed by atoms with Gasteiger partial charge in [-0.15, -0.1) is 23.1 Å². The zero-order valence-corrected chi connectivity index (χ0v) is 13.5. The Morgan fingerprint density at radius 3 is 2.71 bits per heavy atom. The molecule has 0 bridgehead atoms. The summed E-state index contributed by atoms with van der Waals surface area (Å²) in [4.78, 5) is 5.70. The Labute approximate surface area is 137 Å². The Morgan fingerprint density at radius 1 is 1.14 bits per heavy atom. The van der Waals surface area contributed by atoms with Gasteiger partial charge in [-0.3, -0.25) is 0 Å². The maximum Gasteiger partial charge on any atom is 0.123 e. The Bertz CT molecular complexity index is 741. The van der Waals surface area contributed by atoms with Crippen LogP contribution in [0.1, 0.15) is 5.69 Å². The highest BCUT2D eigenvalue weighted by atomic mass is 35.5. The highest BCUT2D eigenvalue weighted by Gasteiger charge is 2.07. The topological polar surface area (TPSA) is 38.9 Å². The van der Waals surface area contributed by atoms with Gasteiger partial charge in [-0.1, -0.05) is 41.9 Å². The second kappa shape index (κ2) is 6.52. The van der Waals surface area contributed by atoms with Crippen LogP contribution in [0.15, 0.2) is 58.8 Å². The number of hydrogen-bond donors (Lipinski definition) is 1. The Kier molecular flexibility index (Phi) is 4.48. The summed E-state index contributed by atoms with van der Waals surface area (Å²) >= 11 is 9.52. The lowest BCUT2D eigenvalue weighted by atomic mass is 10.2. The number of nitrogens with two attached hydrogens (primary N) is 1. The largest absolute Gasteiger partial charge is 0.399 e. The van der Waals surface area contributed by atoms with E-state index >= 15 is 0 Å². The third-order valence-corrected chi connectivity index (χ3v) is 5.38. The molecule has 0 aliphatic carbocycles. The van der Waals surface area contributed by atoms with Crippen LogP contribution in [0.4, 0.5) is 5.69 Å². The van der Waals surface area contributed by atoms with Crippen LogP contribution >= 0.6 is 34.7 Å². The first kappa shape index (κ1) is 14.4. The molecule has 3 aromatic rings. The molecule has 1 heterocycles. The van der Waals surface area contributed by atoms with E-state index in [9.17, 15) is 0 Å². The molecule has 3 rings (SSSR count). The number of thiazole rings is 1. The first-order valence-corrected chi connectivity index (χ1v) is 8.64. The molecule has 0 saturated carbocycles. The molecule has 0 amide bonds. The number of halogens is 1. The lowest BCUT2D eigenvalue weighted by Crippen LogP contribution is -1.86. The van der Waals surface area contributed by atoms with Crippen molar-refractivity contribution in [2.24, 2.45) is 0 Å². The van der Waals surface area contributed by atoms with Crippen molar-refractivity contribution in [3.63, 3.8) is 0 Å². The van der Waals surface area contributed by atoms with Gasteiger partial charge >= 0.3 is 0 Å². The second-order valence-electron chi connectivity index (χ2n) is 4.49. The van der Waals surface area contributed by atoms with Crippen molar-refractivity contribution < 1.29 is 0 Å². The molecule has 106 valence electrons. The summed E-state index contributed by atoms with van der Waals surface area (Å²) in [5.41, 5.74) is 8.61. The molecule has 1 aromatic heterocycles. The van der Waals surface area contributed by atoms with Gasteiger partial charge in [-0.05, 0) is 18.2 Å². The average molecular weight is 333 g/mol. The maximum atomic E-state index is 6.18. The molecule has 2 aromatic carbocycles. The summed E-state index contributed by atoms with van der Waals surface area (Å²) in [5, 5.41) is 3.84. The lowest BCUT2D eigenvalue weighted by molar-refractivity contribution is 1.23. The first-order chi connectivity index (χ1) is 10.2. The van der Waals surface area contributed by atoms with E-state index in [1.807, 2.05) is 30.3 Å². The number of rotatable bonds is 4. The lowest BCUT2D eigenvalue weighted by Gasteiger charge is -2.03. The molecule has 0 saturated heterocycles. The van der Waals surface area contributed by atoms with Crippen LogP contribution in [0.2, 0.25) is 5.02 Å². The van der Waals surface area contributed by atoms with E-state index in [4.69, 9.17) is 17.3 Å². The molecule has 0 unspecified atom stereocenters. The number of hydrogen-bond acceptors (Lipinski definition) is 4. The molecule has 0 aliphatic heterocycles. The van der Waals surface area contributed by atoms with Crippen molar-refractivity contribution in [2.45, 2.75) is 10.6 Å². The van der Waals surface area contributed by atoms with E-state index in [0.29, 0.717) is 10.7 Å². The second-order valence-corrected chi connectivity index (χ2v) is 6.77. The number of nitrogen functional groups attached to an aromatic ring is 1. The Balaban J connectivity index is 1.70. The normalized spacial score (nSPS) is 10.7. The minimum atomic E-state index is 0.685. The summed E-state index contributed by atoms with van der Waals surface area (Å²) in [7, 11) is 0. The standard InChI is InChI=1S/C16H13ClN2S2/c17-14-8-12(18)6-7-15(14)20-9-13-10-21-16(19-13)11-4-2-1-3-5-11/h1-8,10H,9,18H2. The molecular formula is C16H13ClN2S2. The van der Waals surface area contributed by atoms with Crippen molar-refractivity contribution in [2.75, 3.05) is 5.73 Å². The van der Waals surface area contributed by atoms with Crippen molar-refractivity contribution in [1.29, 1.82) is 0 Å². The van der Waals surface area contributed by atoms with Crippen molar-refractivity contribution in [1.82, 2.24) is 4.98 Å². The van der Waals surface area contributed by atoms with Gasteiger partial charge in [0.1, 0.15) is 5.01 Å². The van der Waals surface area contributed by atoms with Gasteiger partial charge in [-0.2, -0.15) is 0 Å². The number of anilines is 1. The van der Waals surface area contributed by atoms with Gasteiger partial charge in [0.15, 0.2) is 0 Å². The van der Waals surface area contributed by atoms with Crippen LogP contribution in [-0.2, 0) is 5.75 Å². The first-order valence-electron chi connectivity index (χ1n) is 6.40. The molecule has 2 nitrogen and oxygen atoms in total. The highest BCUT2D eigenvalue weighted by molar-refractivity contribution is 7.98. The van der Waals surface area contributed by atoms with Crippen LogP contribution in [0.25, 0.3) is 10.6 Å². The van der Waals surface area contributed by atoms with Crippen LogP contribution in [0.5, 0.6) is 0 Å². The van der Waals surface area contributed by atoms with E-state index in [2.05, 4.69) is 22.5 Å². The summed E-state index contributed by atoms with van der Waals surface area (Å²) in [5.74, 6) is 0.799. The van der Waals surface area contributed by atoms with Gasteiger partial charge < -0.3 is 5.73 Å². The van der Waals surface area contributed by atoms with Crippen LogP contribution in [0, 0.1) is 0 Å². The third-order valence-electron chi connectivity index (χ3n) is 2.90. The summed E-state index contributed by atoms with van der Waals surface area (Å²) in [6.45, 7) is 0. The predicted octanol–water partition coefficient (Wildman–Crippen LogP) is 5.34. The molecule has 5 heteroatoms. The summed E-state index contributed by atoms with van der Waals surface area (Å²) in [6.07, 6.45) is 0. The van der Waals surface area contributed by atoms with E-state index in [-0.39, 0.29) is 0 Å². The molecule has 0 fully saturated rings. The van der Waals surface area contributed by atoms with Gasteiger partial charge in [0, 0.05) is 27.3 Å². The zero-order valence-electron chi connectivity index (χ0n) is 11.1. The SMILES string of the molecule is Nc1ccc(SCc2csc(-c3ccccc3)n2)c(Cl)c1. The quantitative estimate of drug-likeness (QED) is 0.518. The van der Waals surface area contributed by atoms with E-state index in [1.54, 1.807) is 29.2 Å². The van der Waals surface area contributed by atoms with E-state index < -0.39 is 0 Å². The average Bonchev–Trinajstić information content (AvgIpc) is 2.96. The zero-order chi connectivity index (χ0) is 14.7. The third kappa shape index (κ3) is 3.59. The van der Waals surface area contributed by atoms with E-state index in [0.717, 1.165) is 26.9 Å². The monoisotopic (exact) mass is 332 g/mol. The van der Waals surface area contributed by atoms with Gasteiger partial charge in [0.2, 0.25) is 0 Å². The minimum Gasteiger partial charge on any atom is -0.399 e. The molecule has 21 heavy (non-hydrogen) atoms. The van der Waals surface area contributed by atoms with E-state index in [1.165, 1.54) is 0 Å². The van der Waals surface area contributed by atoms with Crippen LogP contribution in [0.3, 0.4) is 0 Å². The number of benzene rings is 2. The minimum absolute atomic E-state index is 0.685. The van der Waals surface area contributed by atoms with Crippen molar-refractivity contribution >= 4 is 40.4 Å². The Hall–Kier alpha value is -1.49. The maximum absolute atomic E-state index is 6.18. The molecular weight excluding hydrogens is 320 g/mol. The number of aromatic nitrogens is 1. The van der Waals surface area contributed by atoms with Gasteiger partial charge in [0.05, 0.1) is 10.7 Å². The molecule has 0 aliphatic rings. The molecule has 0 spiro atoms. The fourth-order valence-electron chi connectivity index (χ4n) is 1.87. The molecule has 2 N–H and O–H groups in total. The smallest absolute Gasteiger partial charge is 0.123 e. The predicted molar refractivity (Wildman–Crippen MR) is 93.0 cm³/mol. The summed E-state index contributed by atoms with van der Waals surface area (Å²) in [6, 6.07) is 15.8. The number of thioether (sulfide) groups is 1. The highest BCUT2D eigenvalue weighted by Crippen LogP contribution is 2.32. The van der Waals surface area contributed by atoms with Gasteiger partial charge in [-0.25, -0.2) is 4.98 Å². The van der Waals surface area contributed by atoms with Crippen molar-refractivity contribution in [3.8, 4) is 10.6 Å². The van der Waals surface area contributed by atoms with Crippen LogP contribution in [-0.4, -0.2) is 4.98 Å². The molecule has 0 atom stereocenters. The van der Waals surface area contributed by atoms with Gasteiger partial charge in [0.25, 0.3) is 0 Å². The fraction of sp³-hybridized carbons (Fsp3) is 0.0625. The number of nitrogens with zero attached hydrogens (tertiary/aromatic N) is 1. The molecule has 0 radical (unpaired) electrons. The van der Waals surface area contributed by atoms with Crippen molar-refractivity contribution in [3.05, 3.63) is 64.6 Å². The Morgan fingerprint density at radius 2 is 1.95 bits per heavy atom. The summed E-state index contributed by atoms with van der Waals surface area (Å²) < 4.78 is 0. The van der Waals surface area contributed by atoms with Crippen LogP contribution < -0.4 is 5.73 Å². The fourth-order valence-corrected chi connectivity index (χ4v) is 3.97.